The Labute approximate surface area is 142 Å². The van der Waals surface area contributed by atoms with Gasteiger partial charge in [-0.1, -0.05) is 22.9 Å². The van der Waals surface area contributed by atoms with E-state index in [4.69, 9.17) is 4.52 Å². The van der Waals surface area contributed by atoms with E-state index in [1.165, 1.54) is 30.5 Å². The van der Waals surface area contributed by atoms with E-state index in [-0.39, 0.29) is 0 Å². The zero-order valence-corrected chi connectivity index (χ0v) is 13.9. The van der Waals surface area contributed by atoms with Crippen molar-refractivity contribution < 1.29 is 4.52 Å². The Bertz CT molecular complexity index is 800. The normalized spacial score (nSPS) is 14.8. The van der Waals surface area contributed by atoms with Crippen molar-refractivity contribution in [2.45, 2.75) is 26.2 Å². The summed E-state index contributed by atoms with van der Waals surface area (Å²) in [6.45, 7) is 4.37. The molecule has 0 unspecified atom stereocenters. The molecule has 24 heavy (non-hydrogen) atoms. The predicted molar refractivity (Wildman–Crippen MR) is 96.0 cm³/mol. The van der Waals surface area contributed by atoms with Crippen LogP contribution in [0.2, 0.25) is 0 Å². The molecule has 2 heterocycles. The molecule has 0 aliphatic carbocycles. The molecule has 4 rings (SSSR count). The van der Waals surface area contributed by atoms with Crippen LogP contribution in [0.5, 0.6) is 0 Å². The van der Waals surface area contributed by atoms with Crippen molar-refractivity contribution in [3.05, 3.63) is 54.1 Å². The minimum absolute atomic E-state index is 0.560. The van der Waals surface area contributed by atoms with Crippen LogP contribution in [-0.4, -0.2) is 23.2 Å². The molecule has 0 N–H and O–H groups in total. The molecule has 4 heteroatoms. The van der Waals surface area contributed by atoms with E-state index in [1.807, 2.05) is 24.3 Å². The van der Waals surface area contributed by atoms with Gasteiger partial charge in [-0.25, -0.2) is 0 Å². The van der Waals surface area contributed by atoms with Gasteiger partial charge in [0.15, 0.2) is 0 Å². The Balaban J connectivity index is 1.54. The molecule has 1 fully saturated rings. The number of aryl methyl sites for hydroxylation is 1. The molecular formula is C20H21N3O. The van der Waals surface area contributed by atoms with Gasteiger partial charge in [0.1, 0.15) is 0 Å². The highest BCUT2D eigenvalue weighted by molar-refractivity contribution is 5.63. The van der Waals surface area contributed by atoms with Crippen molar-refractivity contribution >= 4 is 5.69 Å². The van der Waals surface area contributed by atoms with E-state index in [9.17, 15) is 0 Å². The first-order valence-electron chi connectivity index (χ1n) is 8.56. The highest BCUT2D eigenvalue weighted by Gasteiger charge is 2.13. The van der Waals surface area contributed by atoms with Crippen LogP contribution in [0.15, 0.2) is 53.1 Å². The largest absolute Gasteiger partial charge is 0.372 e. The number of benzene rings is 2. The minimum Gasteiger partial charge on any atom is -0.372 e. The SMILES string of the molecule is Cc1ccc(-c2nc(-c3ccc(N4CCCCC4)cc3)no2)cc1. The highest BCUT2D eigenvalue weighted by Crippen LogP contribution is 2.26. The zero-order valence-electron chi connectivity index (χ0n) is 13.9. The lowest BCUT2D eigenvalue weighted by Crippen LogP contribution is -2.29. The van der Waals surface area contributed by atoms with Gasteiger partial charge in [0.25, 0.3) is 5.89 Å². The first-order chi connectivity index (χ1) is 11.8. The number of hydrogen-bond donors (Lipinski definition) is 0. The zero-order chi connectivity index (χ0) is 16.4. The Morgan fingerprint density at radius 2 is 1.50 bits per heavy atom. The monoisotopic (exact) mass is 319 g/mol. The summed E-state index contributed by atoms with van der Waals surface area (Å²) in [5, 5.41) is 4.13. The Morgan fingerprint density at radius 3 is 2.21 bits per heavy atom. The van der Waals surface area contributed by atoms with Crippen LogP contribution in [0.4, 0.5) is 5.69 Å². The van der Waals surface area contributed by atoms with Crippen molar-refractivity contribution in [1.82, 2.24) is 10.1 Å². The summed E-state index contributed by atoms with van der Waals surface area (Å²) in [4.78, 5) is 6.98. The predicted octanol–water partition coefficient (Wildman–Crippen LogP) is 4.70. The molecule has 0 spiro atoms. The minimum atomic E-state index is 0.560. The van der Waals surface area contributed by atoms with Crippen LogP contribution in [0.3, 0.4) is 0 Å². The van der Waals surface area contributed by atoms with Crippen molar-refractivity contribution in [2.75, 3.05) is 18.0 Å². The van der Waals surface area contributed by atoms with Crippen molar-refractivity contribution in [3.8, 4) is 22.8 Å². The fourth-order valence-electron chi connectivity index (χ4n) is 3.13. The number of hydrogen-bond acceptors (Lipinski definition) is 4. The smallest absolute Gasteiger partial charge is 0.258 e. The fourth-order valence-corrected chi connectivity index (χ4v) is 3.13. The van der Waals surface area contributed by atoms with E-state index < -0.39 is 0 Å². The molecule has 1 saturated heterocycles. The van der Waals surface area contributed by atoms with Crippen molar-refractivity contribution in [2.24, 2.45) is 0 Å². The van der Waals surface area contributed by atoms with E-state index in [0.717, 1.165) is 24.2 Å². The average molecular weight is 319 g/mol. The number of rotatable bonds is 3. The number of piperidine rings is 1. The summed E-state index contributed by atoms with van der Waals surface area (Å²) in [5.74, 6) is 1.20. The highest BCUT2D eigenvalue weighted by atomic mass is 16.5. The van der Waals surface area contributed by atoms with E-state index >= 15 is 0 Å². The maximum atomic E-state index is 5.42. The second kappa shape index (κ2) is 6.48. The lowest BCUT2D eigenvalue weighted by molar-refractivity contribution is 0.432. The molecule has 0 radical (unpaired) electrons. The molecular weight excluding hydrogens is 298 g/mol. The number of nitrogens with zero attached hydrogens (tertiary/aromatic N) is 3. The first-order valence-corrected chi connectivity index (χ1v) is 8.56. The first kappa shape index (κ1) is 14.9. The van der Waals surface area contributed by atoms with Crippen LogP contribution < -0.4 is 4.90 Å². The van der Waals surface area contributed by atoms with E-state index in [2.05, 4.69) is 46.2 Å². The van der Waals surface area contributed by atoms with Gasteiger partial charge in [-0.3, -0.25) is 0 Å². The third kappa shape index (κ3) is 3.04. The molecule has 0 bridgehead atoms. The molecule has 1 aliphatic rings. The van der Waals surface area contributed by atoms with Gasteiger partial charge in [-0.15, -0.1) is 0 Å². The third-order valence-corrected chi connectivity index (χ3v) is 4.57. The molecule has 2 aromatic carbocycles. The molecule has 4 nitrogen and oxygen atoms in total. The van der Waals surface area contributed by atoms with Gasteiger partial charge in [0.05, 0.1) is 0 Å². The third-order valence-electron chi connectivity index (χ3n) is 4.57. The molecule has 1 aromatic heterocycles. The topological polar surface area (TPSA) is 42.2 Å². The van der Waals surface area contributed by atoms with Gasteiger partial charge in [0, 0.05) is 29.9 Å². The van der Waals surface area contributed by atoms with Crippen molar-refractivity contribution in [1.29, 1.82) is 0 Å². The summed E-state index contributed by atoms with van der Waals surface area (Å²) in [6, 6.07) is 16.6. The number of aromatic nitrogens is 2. The Morgan fingerprint density at radius 1 is 0.833 bits per heavy atom. The van der Waals surface area contributed by atoms with Gasteiger partial charge < -0.3 is 9.42 Å². The summed E-state index contributed by atoms with van der Waals surface area (Å²) < 4.78 is 5.42. The molecule has 0 amide bonds. The van der Waals surface area contributed by atoms with E-state index in [0.29, 0.717) is 11.7 Å². The Hall–Kier alpha value is -2.62. The van der Waals surface area contributed by atoms with Gasteiger partial charge in [-0.2, -0.15) is 4.98 Å². The van der Waals surface area contributed by atoms with Crippen LogP contribution in [0, 0.1) is 6.92 Å². The second-order valence-electron chi connectivity index (χ2n) is 6.38. The molecule has 3 aromatic rings. The quantitative estimate of drug-likeness (QED) is 0.701. The fraction of sp³-hybridized carbons (Fsp3) is 0.300. The lowest BCUT2D eigenvalue weighted by atomic mass is 10.1. The molecule has 122 valence electrons. The van der Waals surface area contributed by atoms with Gasteiger partial charge >= 0.3 is 0 Å². The van der Waals surface area contributed by atoms with Crippen LogP contribution in [-0.2, 0) is 0 Å². The van der Waals surface area contributed by atoms with Gasteiger partial charge in [-0.05, 0) is 62.6 Å². The molecule has 1 aliphatic heterocycles. The van der Waals surface area contributed by atoms with Crippen molar-refractivity contribution in [3.63, 3.8) is 0 Å². The second-order valence-corrected chi connectivity index (χ2v) is 6.38. The van der Waals surface area contributed by atoms with Crippen LogP contribution in [0.25, 0.3) is 22.8 Å². The van der Waals surface area contributed by atoms with E-state index in [1.54, 1.807) is 0 Å². The number of anilines is 1. The lowest BCUT2D eigenvalue weighted by Gasteiger charge is -2.28. The Kier molecular flexibility index (Phi) is 4.03. The summed E-state index contributed by atoms with van der Waals surface area (Å²) >= 11 is 0. The van der Waals surface area contributed by atoms with Crippen LogP contribution in [0.1, 0.15) is 24.8 Å². The molecule has 0 atom stereocenters. The average Bonchev–Trinajstić information content (AvgIpc) is 3.13. The standard InChI is InChI=1S/C20H21N3O/c1-15-5-7-17(8-6-15)20-21-19(22-24-20)16-9-11-18(12-10-16)23-13-3-2-4-14-23/h5-12H,2-4,13-14H2,1H3. The maximum absolute atomic E-state index is 5.42. The summed E-state index contributed by atoms with van der Waals surface area (Å²) in [5.41, 5.74) is 4.43. The van der Waals surface area contributed by atoms with Crippen LogP contribution >= 0.6 is 0 Å². The van der Waals surface area contributed by atoms with Gasteiger partial charge in [0.2, 0.25) is 5.82 Å². The summed E-state index contributed by atoms with van der Waals surface area (Å²) in [7, 11) is 0. The summed E-state index contributed by atoms with van der Waals surface area (Å²) in [6.07, 6.45) is 3.91. The molecule has 0 saturated carbocycles. The maximum Gasteiger partial charge on any atom is 0.258 e.